The highest BCUT2D eigenvalue weighted by molar-refractivity contribution is 6.30. The van der Waals surface area contributed by atoms with E-state index < -0.39 is 11.7 Å². The standard InChI is InChI=1S/C16H16ClFN2O/c17-13-5-6-14(15(18)9-13)16(21)20-10-12-3-1-11(2-4-12)7-8-19/h1-6,9H,7-8,10,19H2,(H,20,21). The van der Waals surface area contributed by atoms with E-state index >= 15 is 0 Å². The van der Waals surface area contributed by atoms with Crippen LogP contribution in [-0.2, 0) is 13.0 Å². The van der Waals surface area contributed by atoms with Crippen molar-refractivity contribution < 1.29 is 9.18 Å². The van der Waals surface area contributed by atoms with Crippen molar-refractivity contribution in [1.29, 1.82) is 0 Å². The van der Waals surface area contributed by atoms with Gasteiger partial charge in [0.05, 0.1) is 5.56 Å². The summed E-state index contributed by atoms with van der Waals surface area (Å²) in [5.41, 5.74) is 7.56. The van der Waals surface area contributed by atoms with Gasteiger partial charge in [0.1, 0.15) is 5.82 Å². The average molecular weight is 307 g/mol. The second kappa shape index (κ2) is 7.20. The van der Waals surface area contributed by atoms with E-state index in [0.717, 1.165) is 23.6 Å². The third-order valence-corrected chi connectivity index (χ3v) is 3.32. The summed E-state index contributed by atoms with van der Waals surface area (Å²) in [4.78, 5) is 11.9. The van der Waals surface area contributed by atoms with Crippen LogP contribution in [0.15, 0.2) is 42.5 Å². The minimum atomic E-state index is -0.627. The number of hydrogen-bond donors (Lipinski definition) is 2. The van der Waals surface area contributed by atoms with E-state index in [2.05, 4.69) is 5.32 Å². The van der Waals surface area contributed by atoms with Gasteiger partial charge in [-0.1, -0.05) is 35.9 Å². The van der Waals surface area contributed by atoms with E-state index in [1.807, 2.05) is 24.3 Å². The summed E-state index contributed by atoms with van der Waals surface area (Å²) in [6, 6.07) is 11.8. The molecule has 0 spiro atoms. The molecule has 0 aliphatic rings. The van der Waals surface area contributed by atoms with Crippen LogP contribution in [0.3, 0.4) is 0 Å². The molecule has 0 aliphatic heterocycles. The number of carbonyl (C=O) groups is 1. The Morgan fingerprint density at radius 2 is 1.81 bits per heavy atom. The van der Waals surface area contributed by atoms with E-state index in [4.69, 9.17) is 17.3 Å². The smallest absolute Gasteiger partial charge is 0.254 e. The molecule has 2 aromatic carbocycles. The predicted molar refractivity (Wildman–Crippen MR) is 81.8 cm³/mol. The van der Waals surface area contributed by atoms with Gasteiger partial charge < -0.3 is 11.1 Å². The molecule has 0 aliphatic carbocycles. The maximum absolute atomic E-state index is 13.6. The molecule has 0 radical (unpaired) electrons. The molecule has 0 unspecified atom stereocenters. The lowest BCUT2D eigenvalue weighted by Crippen LogP contribution is -2.23. The second-order valence-corrected chi connectivity index (χ2v) is 5.10. The van der Waals surface area contributed by atoms with Crippen molar-refractivity contribution in [3.63, 3.8) is 0 Å². The molecule has 3 N–H and O–H groups in total. The van der Waals surface area contributed by atoms with Gasteiger partial charge in [0.2, 0.25) is 0 Å². The molecule has 3 nitrogen and oxygen atoms in total. The Kier molecular flexibility index (Phi) is 5.31. The predicted octanol–water partition coefficient (Wildman–Crippen LogP) is 2.91. The number of halogens is 2. The maximum Gasteiger partial charge on any atom is 0.254 e. The molecule has 0 bridgehead atoms. The molecule has 0 fully saturated rings. The molecule has 2 rings (SSSR count). The normalized spacial score (nSPS) is 10.4. The summed E-state index contributed by atoms with van der Waals surface area (Å²) in [6.45, 7) is 0.940. The van der Waals surface area contributed by atoms with E-state index in [1.54, 1.807) is 0 Å². The molecule has 110 valence electrons. The SMILES string of the molecule is NCCc1ccc(CNC(=O)c2ccc(Cl)cc2F)cc1. The Balaban J connectivity index is 1.97. The largest absolute Gasteiger partial charge is 0.348 e. The first-order chi connectivity index (χ1) is 10.1. The van der Waals surface area contributed by atoms with Gasteiger partial charge in [-0.15, -0.1) is 0 Å². The highest BCUT2D eigenvalue weighted by Gasteiger charge is 2.11. The number of benzene rings is 2. The molecule has 2 aromatic rings. The van der Waals surface area contributed by atoms with Crippen LogP contribution in [0.5, 0.6) is 0 Å². The number of rotatable bonds is 5. The van der Waals surface area contributed by atoms with Crippen LogP contribution in [0.4, 0.5) is 4.39 Å². The third kappa shape index (κ3) is 4.28. The Labute approximate surface area is 127 Å². The number of amides is 1. The number of nitrogens with one attached hydrogen (secondary N) is 1. The van der Waals surface area contributed by atoms with Crippen molar-refractivity contribution in [2.75, 3.05) is 6.54 Å². The minimum Gasteiger partial charge on any atom is -0.348 e. The maximum atomic E-state index is 13.6. The quantitative estimate of drug-likeness (QED) is 0.892. The van der Waals surface area contributed by atoms with E-state index in [9.17, 15) is 9.18 Å². The molecule has 21 heavy (non-hydrogen) atoms. The van der Waals surface area contributed by atoms with Crippen LogP contribution in [0.1, 0.15) is 21.5 Å². The number of nitrogens with two attached hydrogens (primary N) is 1. The van der Waals surface area contributed by atoms with E-state index in [0.29, 0.717) is 13.1 Å². The topological polar surface area (TPSA) is 55.1 Å². The summed E-state index contributed by atoms with van der Waals surface area (Å²) in [5, 5.41) is 2.94. The average Bonchev–Trinajstić information content (AvgIpc) is 2.46. The summed E-state index contributed by atoms with van der Waals surface area (Å²) in [6.07, 6.45) is 0.822. The Morgan fingerprint density at radius 1 is 1.14 bits per heavy atom. The van der Waals surface area contributed by atoms with Gasteiger partial charge >= 0.3 is 0 Å². The van der Waals surface area contributed by atoms with Crippen molar-refractivity contribution >= 4 is 17.5 Å². The van der Waals surface area contributed by atoms with Crippen LogP contribution in [0, 0.1) is 5.82 Å². The molecule has 0 saturated heterocycles. The Morgan fingerprint density at radius 3 is 2.43 bits per heavy atom. The van der Waals surface area contributed by atoms with Crippen molar-refractivity contribution in [3.05, 3.63) is 70.0 Å². The lowest BCUT2D eigenvalue weighted by molar-refractivity contribution is 0.0947. The molecular formula is C16H16ClFN2O. The zero-order valence-corrected chi connectivity index (χ0v) is 12.2. The zero-order chi connectivity index (χ0) is 15.2. The van der Waals surface area contributed by atoms with Crippen LogP contribution >= 0.6 is 11.6 Å². The molecule has 0 saturated carbocycles. The Bertz CT molecular complexity index is 629. The van der Waals surface area contributed by atoms with Gasteiger partial charge in [0, 0.05) is 11.6 Å². The van der Waals surface area contributed by atoms with Crippen LogP contribution in [-0.4, -0.2) is 12.5 Å². The highest BCUT2D eigenvalue weighted by atomic mass is 35.5. The molecule has 0 heterocycles. The monoisotopic (exact) mass is 306 g/mol. The summed E-state index contributed by atoms with van der Waals surface area (Å²) in [5.74, 6) is -1.09. The second-order valence-electron chi connectivity index (χ2n) is 4.66. The van der Waals surface area contributed by atoms with Crippen molar-refractivity contribution in [3.8, 4) is 0 Å². The first kappa shape index (κ1) is 15.5. The van der Waals surface area contributed by atoms with Gasteiger partial charge in [0.15, 0.2) is 0 Å². The third-order valence-electron chi connectivity index (χ3n) is 3.08. The van der Waals surface area contributed by atoms with Gasteiger partial charge in [-0.05, 0) is 42.3 Å². The van der Waals surface area contributed by atoms with Crippen LogP contribution < -0.4 is 11.1 Å². The minimum absolute atomic E-state index is 0.0147. The highest BCUT2D eigenvalue weighted by Crippen LogP contribution is 2.14. The van der Waals surface area contributed by atoms with E-state index in [-0.39, 0.29) is 10.6 Å². The first-order valence-electron chi connectivity index (χ1n) is 6.61. The molecular weight excluding hydrogens is 291 g/mol. The summed E-state index contributed by atoms with van der Waals surface area (Å²) in [7, 11) is 0. The fourth-order valence-electron chi connectivity index (χ4n) is 1.94. The number of carbonyl (C=O) groups excluding carboxylic acids is 1. The lowest BCUT2D eigenvalue weighted by atomic mass is 10.1. The zero-order valence-electron chi connectivity index (χ0n) is 11.4. The molecule has 0 aromatic heterocycles. The Hall–Kier alpha value is -1.91. The van der Waals surface area contributed by atoms with Gasteiger partial charge in [-0.2, -0.15) is 0 Å². The van der Waals surface area contributed by atoms with Crippen molar-refractivity contribution in [2.45, 2.75) is 13.0 Å². The first-order valence-corrected chi connectivity index (χ1v) is 6.99. The van der Waals surface area contributed by atoms with Gasteiger partial charge in [0.25, 0.3) is 5.91 Å². The van der Waals surface area contributed by atoms with Gasteiger partial charge in [-0.25, -0.2) is 4.39 Å². The summed E-state index contributed by atoms with van der Waals surface area (Å²) >= 11 is 5.65. The number of hydrogen-bond acceptors (Lipinski definition) is 2. The summed E-state index contributed by atoms with van der Waals surface area (Å²) < 4.78 is 13.6. The van der Waals surface area contributed by atoms with Gasteiger partial charge in [-0.3, -0.25) is 4.79 Å². The molecule has 1 amide bonds. The molecule has 0 atom stereocenters. The molecule has 5 heteroatoms. The van der Waals surface area contributed by atoms with E-state index in [1.165, 1.54) is 12.1 Å². The fraction of sp³-hybridized carbons (Fsp3) is 0.188. The van der Waals surface area contributed by atoms with Crippen molar-refractivity contribution in [2.24, 2.45) is 5.73 Å². The van der Waals surface area contributed by atoms with Crippen LogP contribution in [0.2, 0.25) is 5.02 Å². The lowest BCUT2D eigenvalue weighted by Gasteiger charge is -2.07. The van der Waals surface area contributed by atoms with Crippen LogP contribution in [0.25, 0.3) is 0 Å². The van der Waals surface area contributed by atoms with Crippen molar-refractivity contribution in [1.82, 2.24) is 5.32 Å². The fourth-order valence-corrected chi connectivity index (χ4v) is 2.10.